The van der Waals surface area contributed by atoms with E-state index in [-0.39, 0.29) is 18.2 Å². The Hall–Kier alpha value is -3.35. The fourth-order valence-corrected chi connectivity index (χ4v) is 3.23. The molecule has 1 saturated heterocycles. The first-order chi connectivity index (χ1) is 14.0. The molecule has 1 aliphatic heterocycles. The molecular formula is C22H25N3O4. The number of methoxy groups -OCH3 is 2. The Kier molecular flexibility index (Phi) is 6.49. The number of benzene rings is 2. The van der Waals surface area contributed by atoms with Crippen LogP contribution >= 0.6 is 0 Å². The van der Waals surface area contributed by atoms with Gasteiger partial charge in [0.25, 0.3) is 0 Å². The minimum atomic E-state index is -0.441. The summed E-state index contributed by atoms with van der Waals surface area (Å²) in [7, 11) is 3.13. The first-order valence-electron chi connectivity index (χ1n) is 9.50. The summed E-state index contributed by atoms with van der Waals surface area (Å²) < 4.78 is 10.5. The fourth-order valence-electron chi connectivity index (χ4n) is 3.23. The van der Waals surface area contributed by atoms with Gasteiger partial charge in [0, 0.05) is 30.3 Å². The van der Waals surface area contributed by atoms with Crippen LogP contribution in [-0.2, 0) is 16.0 Å². The molecule has 0 aliphatic carbocycles. The Morgan fingerprint density at radius 2 is 1.97 bits per heavy atom. The van der Waals surface area contributed by atoms with E-state index in [2.05, 4.69) is 17.5 Å². The predicted octanol–water partition coefficient (Wildman–Crippen LogP) is 2.77. The van der Waals surface area contributed by atoms with Crippen molar-refractivity contribution in [3.8, 4) is 11.5 Å². The summed E-state index contributed by atoms with van der Waals surface area (Å²) in [4.78, 5) is 26.5. The molecule has 7 heteroatoms. The van der Waals surface area contributed by atoms with E-state index in [4.69, 9.17) is 9.47 Å². The molecule has 1 atom stereocenters. The van der Waals surface area contributed by atoms with Gasteiger partial charge in [-0.25, -0.2) is 5.43 Å². The lowest BCUT2D eigenvalue weighted by atomic mass is 10.1. The van der Waals surface area contributed by atoms with Crippen LogP contribution in [0.2, 0.25) is 0 Å². The topological polar surface area (TPSA) is 80.2 Å². The number of nitrogens with one attached hydrogen (secondary N) is 1. The van der Waals surface area contributed by atoms with Gasteiger partial charge in [0.15, 0.2) is 0 Å². The predicted molar refractivity (Wildman–Crippen MR) is 112 cm³/mol. The number of carbonyl (C=O) groups is 2. The van der Waals surface area contributed by atoms with Crippen LogP contribution in [0, 0.1) is 5.92 Å². The van der Waals surface area contributed by atoms with E-state index in [1.807, 2.05) is 24.3 Å². The summed E-state index contributed by atoms with van der Waals surface area (Å²) in [5.74, 6) is 0.466. The Morgan fingerprint density at radius 1 is 1.21 bits per heavy atom. The number of amides is 2. The number of nitrogens with zero attached hydrogens (tertiary/aromatic N) is 2. The van der Waals surface area contributed by atoms with Gasteiger partial charge in [0.1, 0.15) is 11.5 Å². The SMILES string of the molecule is CCc1ccc(N2C[C@H](C(=O)N/N=C/c3ccc(OC)cc3OC)CC2=O)cc1. The van der Waals surface area contributed by atoms with Crippen molar-refractivity contribution < 1.29 is 19.1 Å². The van der Waals surface area contributed by atoms with Gasteiger partial charge in [0.05, 0.1) is 26.4 Å². The molecule has 1 N–H and O–H groups in total. The quantitative estimate of drug-likeness (QED) is 0.577. The Bertz CT molecular complexity index is 909. The van der Waals surface area contributed by atoms with Crippen molar-refractivity contribution in [2.75, 3.05) is 25.7 Å². The molecule has 2 aromatic rings. The maximum atomic E-state index is 12.5. The van der Waals surface area contributed by atoms with E-state index in [1.54, 1.807) is 37.3 Å². The number of rotatable bonds is 7. The Morgan fingerprint density at radius 3 is 2.62 bits per heavy atom. The van der Waals surface area contributed by atoms with E-state index < -0.39 is 5.92 Å². The molecule has 1 heterocycles. The van der Waals surface area contributed by atoms with Crippen LogP contribution in [0.3, 0.4) is 0 Å². The molecule has 0 bridgehead atoms. The lowest BCUT2D eigenvalue weighted by Crippen LogP contribution is -2.30. The normalized spacial score (nSPS) is 16.3. The second-order valence-electron chi connectivity index (χ2n) is 6.77. The number of anilines is 1. The van der Waals surface area contributed by atoms with Gasteiger partial charge in [-0.2, -0.15) is 5.10 Å². The molecule has 0 aromatic heterocycles. The molecule has 0 saturated carbocycles. The largest absolute Gasteiger partial charge is 0.497 e. The first kappa shape index (κ1) is 20.4. The van der Waals surface area contributed by atoms with E-state index in [0.29, 0.717) is 23.6 Å². The molecule has 0 radical (unpaired) electrons. The molecule has 1 fully saturated rings. The van der Waals surface area contributed by atoms with Gasteiger partial charge in [-0.15, -0.1) is 0 Å². The van der Waals surface area contributed by atoms with Crippen LogP contribution in [0.5, 0.6) is 11.5 Å². The standard InChI is InChI=1S/C22H25N3O4/c1-4-15-5-8-18(9-6-15)25-14-17(11-21(25)26)22(27)24-23-13-16-7-10-19(28-2)12-20(16)29-3/h5-10,12-13,17H,4,11,14H2,1-3H3,(H,24,27)/b23-13+/t17-/m1/s1. The number of ether oxygens (including phenoxy) is 2. The second kappa shape index (κ2) is 9.23. The highest BCUT2D eigenvalue weighted by Gasteiger charge is 2.35. The minimum Gasteiger partial charge on any atom is -0.497 e. The van der Waals surface area contributed by atoms with Crippen molar-refractivity contribution in [1.29, 1.82) is 0 Å². The zero-order chi connectivity index (χ0) is 20.8. The number of hydrazone groups is 1. The monoisotopic (exact) mass is 395 g/mol. The zero-order valence-electron chi connectivity index (χ0n) is 16.8. The number of carbonyl (C=O) groups excluding carboxylic acids is 2. The zero-order valence-corrected chi connectivity index (χ0v) is 16.8. The van der Waals surface area contributed by atoms with Crippen LogP contribution in [0.1, 0.15) is 24.5 Å². The van der Waals surface area contributed by atoms with Gasteiger partial charge >= 0.3 is 0 Å². The molecule has 0 unspecified atom stereocenters. The molecule has 29 heavy (non-hydrogen) atoms. The van der Waals surface area contributed by atoms with Crippen molar-refractivity contribution in [1.82, 2.24) is 5.43 Å². The summed E-state index contributed by atoms with van der Waals surface area (Å²) in [6.45, 7) is 2.43. The molecule has 2 aromatic carbocycles. The number of hydrogen-bond donors (Lipinski definition) is 1. The van der Waals surface area contributed by atoms with E-state index in [9.17, 15) is 9.59 Å². The van der Waals surface area contributed by atoms with Gasteiger partial charge in [-0.05, 0) is 36.2 Å². The highest BCUT2D eigenvalue weighted by atomic mass is 16.5. The van der Waals surface area contributed by atoms with Gasteiger partial charge in [-0.3, -0.25) is 9.59 Å². The summed E-state index contributed by atoms with van der Waals surface area (Å²) in [5.41, 5.74) is 5.25. The molecule has 3 rings (SSSR count). The van der Waals surface area contributed by atoms with E-state index >= 15 is 0 Å². The maximum absolute atomic E-state index is 12.5. The van der Waals surface area contributed by atoms with Crippen LogP contribution in [0.4, 0.5) is 5.69 Å². The van der Waals surface area contributed by atoms with Crippen LogP contribution in [0.15, 0.2) is 47.6 Å². The number of aryl methyl sites for hydroxylation is 1. The lowest BCUT2D eigenvalue weighted by Gasteiger charge is -2.16. The lowest BCUT2D eigenvalue weighted by molar-refractivity contribution is -0.126. The second-order valence-corrected chi connectivity index (χ2v) is 6.77. The molecule has 0 spiro atoms. The van der Waals surface area contributed by atoms with Gasteiger partial charge in [0.2, 0.25) is 11.8 Å². The fraction of sp³-hybridized carbons (Fsp3) is 0.318. The third-order valence-corrected chi connectivity index (χ3v) is 4.97. The average Bonchev–Trinajstić information content (AvgIpc) is 3.15. The molecular weight excluding hydrogens is 370 g/mol. The first-order valence-corrected chi connectivity index (χ1v) is 9.50. The third kappa shape index (κ3) is 4.74. The summed E-state index contributed by atoms with van der Waals surface area (Å²) in [5, 5.41) is 4.02. The minimum absolute atomic E-state index is 0.0600. The summed E-state index contributed by atoms with van der Waals surface area (Å²) in [6.07, 6.45) is 2.62. The van der Waals surface area contributed by atoms with Crippen LogP contribution in [0.25, 0.3) is 0 Å². The van der Waals surface area contributed by atoms with Crippen molar-refractivity contribution in [2.45, 2.75) is 19.8 Å². The van der Waals surface area contributed by atoms with Gasteiger partial charge in [-0.1, -0.05) is 19.1 Å². The molecule has 1 aliphatic rings. The van der Waals surface area contributed by atoms with Crippen LogP contribution < -0.4 is 19.8 Å². The average molecular weight is 395 g/mol. The van der Waals surface area contributed by atoms with Crippen LogP contribution in [-0.4, -0.2) is 38.8 Å². The van der Waals surface area contributed by atoms with Crippen molar-refractivity contribution in [2.24, 2.45) is 11.0 Å². The summed E-state index contributed by atoms with van der Waals surface area (Å²) in [6, 6.07) is 13.2. The van der Waals surface area contributed by atoms with E-state index in [1.165, 1.54) is 11.8 Å². The highest BCUT2D eigenvalue weighted by molar-refractivity contribution is 6.00. The Balaban J connectivity index is 1.61. The van der Waals surface area contributed by atoms with Gasteiger partial charge < -0.3 is 14.4 Å². The number of hydrogen-bond acceptors (Lipinski definition) is 5. The maximum Gasteiger partial charge on any atom is 0.245 e. The smallest absolute Gasteiger partial charge is 0.245 e. The molecule has 152 valence electrons. The summed E-state index contributed by atoms with van der Waals surface area (Å²) >= 11 is 0. The van der Waals surface area contributed by atoms with Crippen molar-refractivity contribution >= 4 is 23.7 Å². The molecule has 2 amide bonds. The van der Waals surface area contributed by atoms with Crippen molar-refractivity contribution in [3.05, 3.63) is 53.6 Å². The Labute approximate surface area is 170 Å². The van der Waals surface area contributed by atoms with Crippen molar-refractivity contribution in [3.63, 3.8) is 0 Å². The highest BCUT2D eigenvalue weighted by Crippen LogP contribution is 2.26. The third-order valence-electron chi connectivity index (χ3n) is 4.97. The molecule has 7 nitrogen and oxygen atoms in total. The van der Waals surface area contributed by atoms with E-state index in [0.717, 1.165) is 12.1 Å².